The van der Waals surface area contributed by atoms with Gasteiger partial charge in [-0.15, -0.1) is 0 Å². The average Bonchev–Trinajstić information content (AvgIpc) is 2.60. The van der Waals surface area contributed by atoms with Crippen LogP contribution in [0.5, 0.6) is 17.2 Å². The standard InChI is InChI=1S/C18H15BrO5.Ac/c1-22-10-4-6-13(15(20)7-10)17-14(9-19)12-5-3-11(23-2)8-16(12)24-18(17)21;/h3-8,20H,9H2,1-2H3;. The maximum atomic E-state index is 12.5. The maximum absolute atomic E-state index is 12.5. The largest absolute Gasteiger partial charge is 0.507 e. The first-order valence-corrected chi connectivity index (χ1v) is 8.28. The summed E-state index contributed by atoms with van der Waals surface area (Å²) < 4.78 is 15.7. The number of methoxy groups -OCH3 is 2. The Kier molecular flexibility index (Phi) is 6.95. The third-order valence-corrected chi connectivity index (χ3v) is 4.39. The molecule has 0 fully saturated rings. The zero-order valence-corrected chi connectivity index (χ0v) is 20.0. The van der Waals surface area contributed by atoms with Crippen molar-refractivity contribution in [3.8, 4) is 28.4 Å². The van der Waals surface area contributed by atoms with E-state index in [1.165, 1.54) is 13.2 Å². The van der Waals surface area contributed by atoms with Crippen LogP contribution in [0.1, 0.15) is 5.56 Å². The second-order valence-electron chi connectivity index (χ2n) is 5.12. The molecule has 0 saturated carbocycles. The number of alkyl halides is 1. The number of benzene rings is 2. The summed E-state index contributed by atoms with van der Waals surface area (Å²) in [4.78, 5) is 12.5. The zero-order valence-electron chi connectivity index (χ0n) is 13.7. The molecule has 3 aromatic rings. The molecule has 0 amide bonds. The van der Waals surface area contributed by atoms with E-state index < -0.39 is 5.63 Å². The van der Waals surface area contributed by atoms with Crippen LogP contribution in [0.3, 0.4) is 0 Å². The van der Waals surface area contributed by atoms with Gasteiger partial charge in [0.1, 0.15) is 22.8 Å². The van der Waals surface area contributed by atoms with Gasteiger partial charge in [0.15, 0.2) is 0 Å². The van der Waals surface area contributed by atoms with Crippen LogP contribution in [-0.4, -0.2) is 19.3 Å². The molecule has 1 heterocycles. The number of hydrogen-bond acceptors (Lipinski definition) is 5. The predicted molar refractivity (Wildman–Crippen MR) is 95.3 cm³/mol. The summed E-state index contributed by atoms with van der Waals surface area (Å²) >= 11 is 3.43. The number of phenols is 1. The van der Waals surface area contributed by atoms with Crippen molar-refractivity contribution in [1.29, 1.82) is 0 Å². The average molecular weight is 618 g/mol. The van der Waals surface area contributed by atoms with Crippen molar-refractivity contribution in [2.24, 2.45) is 0 Å². The van der Waals surface area contributed by atoms with Crippen LogP contribution in [0, 0.1) is 44.1 Å². The number of hydrogen-bond donors (Lipinski definition) is 1. The van der Waals surface area contributed by atoms with E-state index in [2.05, 4.69) is 15.9 Å². The Morgan fingerprint density at radius 3 is 2.32 bits per heavy atom. The molecule has 0 atom stereocenters. The van der Waals surface area contributed by atoms with Crippen LogP contribution >= 0.6 is 15.9 Å². The first-order chi connectivity index (χ1) is 11.6. The van der Waals surface area contributed by atoms with Crippen molar-refractivity contribution in [3.63, 3.8) is 0 Å². The molecular formula is C18H15AcBrO5. The first kappa shape index (κ1) is 20.3. The fraction of sp³-hybridized carbons (Fsp3) is 0.167. The van der Waals surface area contributed by atoms with Crippen molar-refractivity contribution in [1.82, 2.24) is 0 Å². The summed E-state index contributed by atoms with van der Waals surface area (Å²) in [6.07, 6.45) is 0. The molecule has 0 saturated heterocycles. The number of aromatic hydroxyl groups is 1. The minimum absolute atomic E-state index is 0. The zero-order chi connectivity index (χ0) is 17.3. The number of fused-ring (bicyclic) bond motifs is 1. The minimum Gasteiger partial charge on any atom is -0.507 e. The van der Waals surface area contributed by atoms with Gasteiger partial charge in [-0.05, 0) is 29.8 Å². The minimum atomic E-state index is -0.523. The normalized spacial score (nSPS) is 10.4. The Bertz CT molecular complexity index is 968. The number of phenolic OH excluding ortho intramolecular Hbond substituents is 1. The van der Waals surface area contributed by atoms with Crippen LogP contribution in [0.4, 0.5) is 0 Å². The van der Waals surface area contributed by atoms with Crippen molar-refractivity contribution >= 4 is 26.9 Å². The van der Waals surface area contributed by atoms with Gasteiger partial charge in [0.05, 0.1) is 19.8 Å². The number of rotatable bonds is 4. The van der Waals surface area contributed by atoms with Crippen molar-refractivity contribution < 1.29 is 63.1 Å². The predicted octanol–water partition coefficient (Wildman–Crippen LogP) is 4.08. The molecule has 7 heteroatoms. The van der Waals surface area contributed by atoms with E-state index in [9.17, 15) is 9.90 Å². The van der Waals surface area contributed by atoms with E-state index >= 15 is 0 Å². The van der Waals surface area contributed by atoms with Gasteiger partial charge in [-0.1, -0.05) is 15.9 Å². The molecule has 0 aliphatic carbocycles. The molecular weight excluding hydrogens is 603 g/mol. The van der Waals surface area contributed by atoms with Crippen molar-refractivity contribution in [2.75, 3.05) is 14.2 Å². The summed E-state index contributed by atoms with van der Waals surface area (Å²) in [6, 6.07) is 10.1. The summed E-state index contributed by atoms with van der Waals surface area (Å²) in [6.45, 7) is 0. The van der Waals surface area contributed by atoms with Gasteiger partial charge in [0, 0.05) is 72.5 Å². The van der Waals surface area contributed by atoms with E-state index in [1.807, 2.05) is 6.07 Å². The molecule has 0 aliphatic rings. The monoisotopic (exact) mass is 617 g/mol. The van der Waals surface area contributed by atoms with Gasteiger partial charge in [-0.3, -0.25) is 0 Å². The summed E-state index contributed by atoms with van der Waals surface area (Å²) in [5.41, 5.74) is 1.38. The number of halogens is 1. The second kappa shape index (κ2) is 8.57. The molecule has 3 rings (SSSR count). The fourth-order valence-corrected chi connectivity index (χ4v) is 3.22. The van der Waals surface area contributed by atoms with Crippen molar-refractivity contribution in [2.45, 2.75) is 5.33 Å². The van der Waals surface area contributed by atoms with Crippen molar-refractivity contribution in [3.05, 3.63) is 52.4 Å². The molecule has 1 N–H and O–H groups in total. The Morgan fingerprint density at radius 2 is 1.72 bits per heavy atom. The SMILES string of the molecule is COc1ccc(-c2c(CBr)c3ccc(OC)cc3oc2=O)c(O)c1.[Ac]. The summed E-state index contributed by atoms with van der Waals surface area (Å²) in [5, 5.41) is 11.5. The van der Waals surface area contributed by atoms with Crippen LogP contribution in [0.2, 0.25) is 0 Å². The third-order valence-electron chi connectivity index (χ3n) is 3.83. The topological polar surface area (TPSA) is 68.9 Å². The van der Waals surface area contributed by atoms with Gasteiger partial charge >= 0.3 is 5.63 Å². The molecule has 5 nitrogen and oxygen atoms in total. The molecule has 0 unspecified atom stereocenters. The maximum Gasteiger partial charge on any atom is 0.344 e. The molecule has 127 valence electrons. The smallest absolute Gasteiger partial charge is 0.344 e. The van der Waals surface area contributed by atoms with Crippen LogP contribution in [-0.2, 0) is 5.33 Å². The third kappa shape index (κ3) is 3.89. The Morgan fingerprint density at radius 1 is 1.08 bits per heavy atom. The van der Waals surface area contributed by atoms with E-state index in [0.29, 0.717) is 33.5 Å². The van der Waals surface area contributed by atoms with Crippen LogP contribution in [0.25, 0.3) is 22.1 Å². The quantitative estimate of drug-likeness (QED) is 0.353. The molecule has 0 spiro atoms. The van der Waals surface area contributed by atoms with Crippen LogP contribution < -0.4 is 15.1 Å². The molecule has 1 aromatic heterocycles. The van der Waals surface area contributed by atoms with E-state index in [-0.39, 0.29) is 49.8 Å². The van der Waals surface area contributed by atoms with Crippen LogP contribution in [0.15, 0.2) is 45.6 Å². The van der Waals surface area contributed by atoms with Gasteiger partial charge in [-0.2, -0.15) is 0 Å². The van der Waals surface area contributed by atoms with E-state index in [0.717, 1.165) is 10.9 Å². The van der Waals surface area contributed by atoms with Gasteiger partial charge in [0.2, 0.25) is 0 Å². The molecule has 25 heavy (non-hydrogen) atoms. The first-order valence-electron chi connectivity index (χ1n) is 7.16. The molecule has 1 radical (unpaired) electrons. The summed E-state index contributed by atoms with van der Waals surface area (Å²) in [7, 11) is 3.06. The number of ether oxygens (including phenoxy) is 2. The molecule has 0 aliphatic heterocycles. The Hall–Kier alpha value is -1.03. The summed E-state index contributed by atoms with van der Waals surface area (Å²) in [5.74, 6) is 1.06. The Balaban J connectivity index is 0.00000225. The van der Waals surface area contributed by atoms with Gasteiger partial charge < -0.3 is 19.0 Å². The van der Waals surface area contributed by atoms with E-state index in [1.54, 1.807) is 31.4 Å². The molecule has 0 bridgehead atoms. The second-order valence-corrected chi connectivity index (χ2v) is 5.68. The Labute approximate surface area is 188 Å². The molecule has 2 aromatic carbocycles. The van der Waals surface area contributed by atoms with Gasteiger partial charge in [0.25, 0.3) is 0 Å². The van der Waals surface area contributed by atoms with E-state index in [4.69, 9.17) is 13.9 Å². The van der Waals surface area contributed by atoms with Gasteiger partial charge in [-0.25, -0.2) is 4.79 Å². The fourth-order valence-electron chi connectivity index (χ4n) is 2.63.